The van der Waals surface area contributed by atoms with Crippen LogP contribution in [0.25, 0.3) is 0 Å². The van der Waals surface area contributed by atoms with E-state index in [0.717, 1.165) is 24.7 Å². The minimum Gasteiger partial charge on any atom is -0.375 e. The van der Waals surface area contributed by atoms with E-state index >= 15 is 0 Å². The molecule has 0 spiro atoms. The summed E-state index contributed by atoms with van der Waals surface area (Å²) in [5.74, 6) is -0.830. The molecule has 2 N–H and O–H groups in total. The summed E-state index contributed by atoms with van der Waals surface area (Å²) in [6.45, 7) is 2.12. The van der Waals surface area contributed by atoms with Crippen LogP contribution < -0.4 is 10.6 Å². The van der Waals surface area contributed by atoms with Crippen LogP contribution in [0.4, 0.5) is 15.8 Å². The van der Waals surface area contributed by atoms with Gasteiger partial charge in [-0.1, -0.05) is 24.3 Å². The van der Waals surface area contributed by atoms with E-state index in [1.807, 2.05) is 12.1 Å². The normalized spacial score (nSPS) is 13.0. The Morgan fingerprint density at radius 3 is 2.86 bits per heavy atom. The molecule has 108 valence electrons. The van der Waals surface area contributed by atoms with Gasteiger partial charge in [0.2, 0.25) is 5.82 Å². The fourth-order valence-corrected chi connectivity index (χ4v) is 2.50. The Hall–Kier alpha value is -2.47. The standard InChI is InChI=1S/C15H14FN3O2/c16-13-2-1-3-14(15(13)19(20)21)18-7-10-4-5-11-8-17-9-12(11)6-10/h1-6,17-18H,7-9H2. The molecule has 2 aromatic carbocycles. The van der Waals surface area contributed by atoms with Crippen molar-refractivity contribution in [2.24, 2.45) is 0 Å². The number of fused-ring (bicyclic) bond motifs is 1. The second kappa shape index (κ2) is 5.49. The molecule has 2 aromatic rings. The third-order valence-electron chi connectivity index (χ3n) is 3.55. The van der Waals surface area contributed by atoms with Crippen molar-refractivity contribution in [3.05, 3.63) is 69.0 Å². The Bertz CT molecular complexity index is 703. The molecule has 6 heteroatoms. The number of anilines is 1. The Labute approximate surface area is 120 Å². The van der Waals surface area contributed by atoms with Gasteiger partial charge in [-0.05, 0) is 28.8 Å². The van der Waals surface area contributed by atoms with Gasteiger partial charge in [0.05, 0.1) is 4.92 Å². The SMILES string of the molecule is O=[N+]([O-])c1c(F)cccc1NCc1ccc2c(c1)CNC2. The molecule has 0 radical (unpaired) electrons. The predicted molar refractivity (Wildman–Crippen MR) is 77.4 cm³/mol. The fourth-order valence-electron chi connectivity index (χ4n) is 2.50. The van der Waals surface area contributed by atoms with Gasteiger partial charge in [0.15, 0.2) is 0 Å². The highest BCUT2D eigenvalue weighted by atomic mass is 19.1. The van der Waals surface area contributed by atoms with Gasteiger partial charge in [-0.15, -0.1) is 0 Å². The number of nitrogens with zero attached hydrogens (tertiary/aromatic N) is 1. The number of nitro groups is 1. The molecule has 0 fully saturated rings. The molecule has 1 aliphatic rings. The van der Waals surface area contributed by atoms with Crippen molar-refractivity contribution in [2.75, 3.05) is 5.32 Å². The monoisotopic (exact) mass is 287 g/mol. The lowest BCUT2D eigenvalue weighted by molar-refractivity contribution is -0.386. The molecule has 0 aliphatic carbocycles. The number of nitro benzene ring substituents is 1. The van der Waals surface area contributed by atoms with Crippen LogP contribution >= 0.6 is 0 Å². The highest BCUT2D eigenvalue weighted by Gasteiger charge is 2.19. The Morgan fingerprint density at radius 1 is 1.24 bits per heavy atom. The van der Waals surface area contributed by atoms with Crippen LogP contribution in [0, 0.1) is 15.9 Å². The molecule has 0 bridgehead atoms. The van der Waals surface area contributed by atoms with Crippen LogP contribution in [0.3, 0.4) is 0 Å². The summed E-state index contributed by atoms with van der Waals surface area (Å²) in [7, 11) is 0. The largest absolute Gasteiger partial charge is 0.375 e. The van der Waals surface area contributed by atoms with Crippen LogP contribution in [0.1, 0.15) is 16.7 Å². The van der Waals surface area contributed by atoms with Crippen molar-refractivity contribution >= 4 is 11.4 Å². The van der Waals surface area contributed by atoms with Gasteiger partial charge in [-0.25, -0.2) is 0 Å². The van der Waals surface area contributed by atoms with Crippen molar-refractivity contribution in [1.82, 2.24) is 5.32 Å². The van der Waals surface area contributed by atoms with Crippen molar-refractivity contribution in [2.45, 2.75) is 19.6 Å². The first-order valence-corrected chi connectivity index (χ1v) is 6.63. The van der Waals surface area contributed by atoms with Crippen molar-refractivity contribution in [3.8, 4) is 0 Å². The van der Waals surface area contributed by atoms with Gasteiger partial charge in [0.1, 0.15) is 5.69 Å². The summed E-state index contributed by atoms with van der Waals surface area (Å²) in [5.41, 5.74) is 3.20. The van der Waals surface area contributed by atoms with Crippen LogP contribution in [0.15, 0.2) is 36.4 Å². The third kappa shape index (κ3) is 2.71. The molecule has 0 saturated heterocycles. The minimum absolute atomic E-state index is 0.193. The molecule has 0 aromatic heterocycles. The van der Waals surface area contributed by atoms with Gasteiger partial charge in [-0.2, -0.15) is 4.39 Å². The number of hydrogen-bond acceptors (Lipinski definition) is 4. The number of nitrogens with one attached hydrogen (secondary N) is 2. The first-order valence-electron chi connectivity index (χ1n) is 6.63. The second-order valence-electron chi connectivity index (χ2n) is 4.95. The topological polar surface area (TPSA) is 67.2 Å². The molecule has 3 rings (SSSR count). The van der Waals surface area contributed by atoms with Crippen molar-refractivity contribution in [1.29, 1.82) is 0 Å². The van der Waals surface area contributed by atoms with Crippen molar-refractivity contribution in [3.63, 3.8) is 0 Å². The van der Waals surface area contributed by atoms with E-state index in [0.29, 0.717) is 6.54 Å². The molecule has 0 saturated carbocycles. The maximum absolute atomic E-state index is 13.5. The average Bonchev–Trinajstić information content (AvgIpc) is 2.92. The zero-order valence-electron chi connectivity index (χ0n) is 11.2. The predicted octanol–water partition coefficient (Wildman–Crippen LogP) is 2.95. The summed E-state index contributed by atoms with van der Waals surface area (Å²) in [6.07, 6.45) is 0. The molecule has 0 amide bonds. The summed E-state index contributed by atoms with van der Waals surface area (Å²) in [6, 6.07) is 10.1. The number of para-hydroxylation sites is 1. The summed E-state index contributed by atoms with van der Waals surface area (Å²) < 4.78 is 13.5. The van der Waals surface area contributed by atoms with E-state index in [-0.39, 0.29) is 5.69 Å². The summed E-state index contributed by atoms with van der Waals surface area (Å²) >= 11 is 0. The molecule has 0 atom stereocenters. The maximum atomic E-state index is 13.5. The Kier molecular flexibility index (Phi) is 3.53. The Morgan fingerprint density at radius 2 is 2.05 bits per heavy atom. The van der Waals surface area contributed by atoms with Gasteiger partial charge in [0, 0.05) is 19.6 Å². The van der Waals surface area contributed by atoms with Crippen LogP contribution in [-0.2, 0) is 19.6 Å². The maximum Gasteiger partial charge on any atom is 0.327 e. The Balaban J connectivity index is 1.79. The van der Waals surface area contributed by atoms with Gasteiger partial charge >= 0.3 is 5.69 Å². The summed E-state index contributed by atoms with van der Waals surface area (Å²) in [4.78, 5) is 10.2. The smallest absolute Gasteiger partial charge is 0.327 e. The number of benzene rings is 2. The lowest BCUT2D eigenvalue weighted by atomic mass is 10.1. The molecular weight excluding hydrogens is 273 g/mol. The molecule has 21 heavy (non-hydrogen) atoms. The second-order valence-corrected chi connectivity index (χ2v) is 4.95. The van der Waals surface area contributed by atoms with Crippen molar-refractivity contribution < 1.29 is 9.31 Å². The first kappa shape index (κ1) is 13.5. The zero-order valence-corrected chi connectivity index (χ0v) is 11.2. The van der Waals surface area contributed by atoms with Gasteiger partial charge < -0.3 is 10.6 Å². The highest BCUT2D eigenvalue weighted by Crippen LogP contribution is 2.28. The molecular formula is C15H14FN3O2. The fraction of sp³-hybridized carbons (Fsp3) is 0.200. The number of halogens is 1. The van der Waals surface area contributed by atoms with Crippen LogP contribution in [-0.4, -0.2) is 4.92 Å². The lowest BCUT2D eigenvalue weighted by Crippen LogP contribution is -2.04. The minimum atomic E-state index is -0.830. The van der Waals surface area contributed by atoms with E-state index in [9.17, 15) is 14.5 Å². The molecule has 1 heterocycles. The molecule has 0 unspecified atom stereocenters. The van der Waals surface area contributed by atoms with E-state index in [1.54, 1.807) is 0 Å². The van der Waals surface area contributed by atoms with E-state index in [4.69, 9.17) is 0 Å². The van der Waals surface area contributed by atoms with Gasteiger partial charge in [-0.3, -0.25) is 10.1 Å². The zero-order chi connectivity index (χ0) is 14.8. The first-order chi connectivity index (χ1) is 10.1. The highest BCUT2D eigenvalue weighted by molar-refractivity contribution is 5.62. The van der Waals surface area contributed by atoms with E-state index in [2.05, 4.69) is 16.7 Å². The summed E-state index contributed by atoms with van der Waals surface area (Å²) in [5, 5.41) is 17.1. The van der Waals surface area contributed by atoms with E-state index < -0.39 is 16.4 Å². The third-order valence-corrected chi connectivity index (χ3v) is 3.55. The molecule has 5 nitrogen and oxygen atoms in total. The lowest BCUT2D eigenvalue weighted by Gasteiger charge is -2.09. The number of rotatable bonds is 4. The number of hydrogen-bond donors (Lipinski definition) is 2. The molecule has 1 aliphatic heterocycles. The quantitative estimate of drug-likeness (QED) is 0.670. The van der Waals surface area contributed by atoms with Crippen LogP contribution in [0.2, 0.25) is 0 Å². The average molecular weight is 287 g/mol. The van der Waals surface area contributed by atoms with Gasteiger partial charge in [0.25, 0.3) is 0 Å². The van der Waals surface area contributed by atoms with E-state index in [1.165, 1.54) is 23.3 Å². The van der Waals surface area contributed by atoms with Crippen LogP contribution in [0.5, 0.6) is 0 Å².